The van der Waals surface area contributed by atoms with Crippen molar-refractivity contribution in [3.05, 3.63) is 40.9 Å². The summed E-state index contributed by atoms with van der Waals surface area (Å²) in [5, 5.41) is 7.18. The molecule has 2 aromatic heterocycles. The number of nitrogens with one attached hydrogen (secondary N) is 1. The van der Waals surface area contributed by atoms with E-state index in [2.05, 4.69) is 15.4 Å². The fraction of sp³-hybridized carbons (Fsp3) is 0.182. The first-order valence-electron chi connectivity index (χ1n) is 4.99. The Labute approximate surface area is 103 Å². The van der Waals surface area contributed by atoms with Gasteiger partial charge in [-0.2, -0.15) is 5.10 Å². The molecule has 0 radical (unpaired) electrons. The second-order valence-electron chi connectivity index (χ2n) is 3.62. The van der Waals surface area contributed by atoms with E-state index in [1.54, 1.807) is 37.0 Å². The molecule has 88 valence electrons. The van der Waals surface area contributed by atoms with Gasteiger partial charge in [0.05, 0.1) is 11.3 Å². The lowest BCUT2D eigenvalue weighted by Crippen LogP contribution is -2.12. The topological polar surface area (TPSA) is 59.8 Å². The molecule has 5 nitrogen and oxygen atoms in total. The molecule has 6 heteroatoms. The lowest BCUT2D eigenvalue weighted by molar-refractivity contribution is 0.102. The van der Waals surface area contributed by atoms with Crippen molar-refractivity contribution in [3.63, 3.8) is 0 Å². The molecular formula is C11H11ClN4O. The monoisotopic (exact) mass is 250 g/mol. The van der Waals surface area contributed by atoms with Gasteiger partial charge < -0.3 is 5.32 Å². The van der Waals surface area contributed by atoms with Crippen LogP contribution in [0.4, 0.5) is 5.69 Å². The summed E-state index contributed by atoms with van der Waals surface area (Å²) >= 11 is 5.73. The minimum absolute atomic E-state index is 0.210. The van der Waals surface area contributed by atoms with Gasteiger partial charge in [0.15, 0.2) is 0 Å². The molecule has 1 amide bonds. The summed E-state index contributed by atoms with van der Waals surface area (Å²) in [6.07, 6.45) is 3.21. The molecule has 0 aromatic carbocycles. The number of pyridine rings is 1. The largest absolute Gasteiger partial charge is 0.322 e. The molecule has 0 saturated heterocycles. The minimum Gasteiger partial charge on any atom is -0.322 e. The van der Waals surface area contributed by atoms with Gasteiger partial charge in [0, 0.05) is 25.1 Å². The number of carbonyl (C=O) groups is 1. The molecule has 0 aliphatic carbocycles. The first kappa shape index (κ1) is 11.6. The Hall–Kier alpha value is -1.88. The van der Waals surface area contributed by atoms with Gasteiger partial charge in [0.25, 0.3) is 5.91 Å². The van der Waals surface area contributed by atoms with Crippen molar-refractivity contribution in [3.8, 4) is 0 Å². The molecule has 0 aliphatic heterocycles. The van der Waals surface area contributed by atoms with Gasteiger partial charge in [0.2, 0.25) is 0 Å². The van der Waals surface area contributed by atoms with Crippen molar-refractivity contribution < 1.29 is 4.79 Å². The number of nitrogens with zero attached hydrogens (tertiary/aromatic N) is 3. The summed E-state index contributed by atoms with van der Waals surface area (Å²) in [6.45, 7) is 1.79. The highest BCUT2D eigenvalue weighted by Gasteiger charge is 2.12. The predicted octanol–water partition coefficient (Wildman–Crippen LogP) is 2.03. The lowest BCUT2D eigenvalue weighted by Gasteiger charge is -2.03. The highest BCUT2D eigenvalue weighted by Crippen LogP contribution is 2.14. The number of rotatable bonds is 2. The zero-order valence-electron chi connectivity index (χ0n) is 9.44. The maximum atomic E-state index is 11.9. The maximum absolute atomic E-state index is 11.9. The summed E-state index contributed by atoms with van der Waals surface area (Å²) in [5.74, 6) is -0.210. The van der Waals surface area contributed by atoms with Gasteiger partial charge in [-0.3, -0.25) is 9.48 Å². The van der Waals surface area contributed by atoms with Crippen LogP contribution in [0, 0.1) is 6.92 Å². The third kappa shape index (κ3) is 2.62. The van der Waals surface area contributed by atoms with Crippen LogP contribution in [0.5, 0.6) is 0 Å². The van der Waals surface area contributed by atoms with Crippen molar-refractivity contribution in [2.45, 2.75) is 6.92 Å². The molecule has 0 saturated carbocycles. The summed E-state index contributed by atoms with van der Waals surface area (Å²) < 4.78 is 1.60. The first-order chi connectivity index (χ1) is 8.06. The fourth-order valence-electron chi connectivity index (χ4n) is 1.50. The smallest absolute Gasteiger partial charge is 0.259 e. The Morgan fingerprint density at radius 3 is 2.88 bits per heavy atom. The summed E-state index contributed by atoms with van der Waals surface area (Å²) in [6, 6.07) is 3.26. The molecule has 0 unspecified atom stereocenters. The zero-order valence-corrected chi connectivity index (χ0v) is 10.2. The molecule has 2 rings (SSSR count). The standard InChI is InChI=1S/C11H11ClN4O/c1-7-9(6-16(2)15-7)11(17)14-8-3-4-13-10(12)5-8/h3-6H,1-2H3,(H,13,14,17). The van der Waals surface area contributed by atoms with E-state index in [1.165, 1.54) is 6.20 Å². The number of aromatic nitrogens is 3. The van der Waals surface area contributed by atoms with E-state index in [0.717, 1.165) is 0 Å². The Morgan fingerprint density at radius 2 is 2.29 bits per heavy atom. The molecule has 1 N–H and O–H groups in total. The molecule has 0 atom stereocenters. The van der Waals surface area contributed by atoms with Crippen molar-refractivity contribution >= 4 is 23.2 Å². The summed E-state index contributed by atoms with van der Waals surface area (Å²) in [5.41, 5.74) is 1.84. The van der Waals surface area contributed by atoms with Crippen LogP contribution in [0.1, 0.15) is 16.1 Å². The molecule has 0 bridgehead atoms. The van der Waals surface area contributed by atoms with E-state index >= 15 is 0 Å². The lowest BCUT2D eigenvalue weighted by atomic mass is 10.2. The number of aryl methyl sites for hydroxylation is 2. The summed E-state index contributed by atoms with van der Waals surface area (Å²) in [7, 11) is 1.77. The number of anilines is 1. The highest BCUT2D eigenvalue weighted by molar-refractivity contribution is 6.29. The van der Waals surface area contributed by atoms with Gasteiger partial charge in [-0.15, -0.1) is 0 Å². The Bertz CT molecular complexity index is 564. The van der Waals surface area contributed by atoms with Crippen LogP contribution in [0.15, 0.2) is 24.5 Å². The predicted molar refractivity (Wildman–Crippen MR) is 65.1 cm³/mol. The van der Waals surface area contributed by atoms with Gasteiger partial charge in [0.1, 0.15) is 5.15 Å². The van der Waals surface area contributed by atoms with Crippen LogP contribution in [-0.4, -0.2) is 20.7 Å². The van der Waals surface area contributed by atoms with E-state index in [1.807, 2.05) is 0 Å². The first-order valence-corrected chi connectivity index (χ1v) is 5.37. The van der Waals surface area contributed by atoms with Crippen LogP contribution >= 0.6 is 11.6 Å². The van der Waals surface area contributed by atoms with Gasteiger partial charge in [-0.05, 0) is 19.1 Å². The van der Waals surface area contributed by atoms with Crippen LogP contribution in [0.25, 0.3) is 0 Å². The SMILES string of the molecule is Cc1nn(C)cc1C(=O)Nc1ccnc(Cl)c1. The van der Waals surface area contributed by atoms with Crippen molar-refractivity contribution in [1.82, 2.24) is 14.8 Å². The highest BCUT2D eigenvalue weighted by atomic mass is 35.5. The normalized spacial score (nSPS) is 10.3. The Kier molecular flexibility index (Phi) is 3.10. The third-order valence-electron chi connectivity index (χ3n) is 2.24. The molecule has 2 heterocycles. The van der Waals surface area contributed by atoms with Crippen molar-refractivity contribution in [1.29, 1.82) is 0 Å². The third-order valence-corrected chi connectivity index (χ3v) is 2.45. The molecule has 2 aromatic rings. The number of hydrogen-bond donors (Lipinski definition) is 1. The average molecular weight is 251 g/mol. The zero-order chi connectivity index (χ0) is 12.4. The van der Waals surface area contributed by atoms with E-state index in [0.29, 0.717) is 22.1 Å². The maximum Gasteiger partial charge on any atom is 0.259 e. The molecule has 17 heavy (non-hydrogen) atoms. The van der Waals surface area contributed by atoms with Crippen LogP contribution < -0.4 is 5.32 Å². The van der Waals surface area contributed by atoms with Crippen LogP contribution in [-0.2, 0) is 7.05 Å². The molecule has 0 aliphatic rings. The van der Waals surface area contributed by atoms with Gasteiger partial charge in [-0.1, -0.05) is 11.6 Å². The average Bonchev–Trinajstić information content (AvgIpc) is 2.58. The second-order valence-corrected chi connectivity index (χ2v) is 4.01. The second kappa shape index (κ2) is 4.55. The van der Waals surface area contributed by atoms with E-state index in [9.17, 15) is 4.79 Å². The Balaban J connectivity index is 2.20. The van der Waals surface area contributed by atoms with Crippen LogP contribution in [0.2, 0.25) is 5.15 Å². The number of carbonyl (C=O) groups excluding carboxylic acids is 1. The molecular weight excluding hydrogens is 240 g/mol. The molecule has 0 spiro atoms. The van der Waals surface area contributed by atoms with E-state index in [-0.39, 0.29) is 5.91 Å². The fourth-order valence-corrected chi connectivity index (χ4v) is 1.68. The van der Waals surface area contributed by atoms with E-state index in [4.69, 9.17) is 11.6 Å². The Morgan fingerprint density at radius 1 is 1.53 bits per heavy atom. The summed E-state index contributed by atoms with van der Waals surface area (Å²) in [4.78, 5) is 15.8. The quantitative estimate of drug-likeness (QED) is 0.830. The minimum atomic E-state index is -0.210. The van der Waals surface area contributed by atoms with Crippen molar-refractivity contribution in [2.75, 3.05) is 5.32 Å². The van der Waals surface area contributed by atoms with E-state index < -0.39 is 0 Å². The van der Waals surface area contributed by atoms with Crippen molar-refractivity contribution in [2.24, 2.45) is 7.05 Å². The number of halogens is 1. The van der Waals surface area contributed by atoms with Gasteiger partial charge >= 0.3 is 0 Å². The number of amides is 1. The molecule has 0 fully saturated rings. The number of hydrogen-bond acceptors (Lipinski definition) is 3. The van der Waals surface area contributed by atoms with Gasteiger partial charge in [-0.25, -0.2) is 4.98 Å². The van der Waals surface area contributed by atoms with Crippen LogP contribution in [0.3, 0.4) is 0 Å².